The maximum absolute atomic E-state index is 14.2. The van der Waals surface area contributed by atoms with Crippen LogP contribution in [-0.4, -0.2) is 25.5 Å². The quantitative estimate of drug-likeness (QED) is 0.858. The van der Waals surface area contributed by atoms with Gasteiger partial charge in [-0.05, 0) is 18.6 Å². The highest BCUT2D eigenvalue weighted by molar-refractivity contribution is 6.06. The van der Waals surface area contributed by atoms with Gasteiger partial charge < -0.3 is 9.47 Å². The van der Waals surface area contributed by atoms with Crippen LogP contribution in [0, 0.1) is 18.7 Å². The number of methoxy groups -OCH3 is 1. The number of halogens is 1. The Balaban J connectivity index is 2.33. The van der Waals surface area contributed by atoms with Gasteiger partial charge in [-0.1, -0.05) is 6.92 Å². The Morgan fingerprint density at radius 1 is 1.50 bits per heavy atom. The summed E-state index contributed by atoms with van der Waals surface area (Å²) in [5, 5.41) is 3.97. The molecular weight excluding hydrogens is 263 g/mol. The summed E-state index contributed by atoms with van der Waals surface area (Å²) in [4.78, 5) is 11.2. The number of benzene rings is 1. The summed E-state index contributed by atoms with van der Waals surface area (Å²) < 4.78 is 24.3. The fraction of sp³-hybridized carbons (Fsp3) is 0.429. The first-order valence-corrected chi connectivity index (χ1v) is 6.31. The van der Waals surface area contributed by atoms with E-state index in [1.165, 1.54) is 13.2 Å². The molecule has 20 heavy (non-hydrogen) atoms. The smallest absolute Gasteiger partial charge is 0.240 e. The molecule has 1 amide bonds. The third kappa shape index (κ3) is 2.96. The second-order valence-corrected chi connectivity index (χ2v) is 4.79. The molecule has 6 heteroatoms. The summed E-state index contributed by atoms with van der Waals surface area (Å²) in [6, 6.07) is 2.99. The zero-order valence-corrected chi connectivity index (χ0v) is 11.7. The zero-order chi connectivity index (χ0) is 14.7. The second-order valence-electron chi connectivity index (χ2n) is 4.79. The van der Waals surface area contributed by atoms with Crippen molar-refractivity contribution in [3.8, 4) is 5.75 Å². The second kappa shape index (κ2) is 6.00. The molecule has 1 aromatic rings. The summed E-state index contributed by atoms with van der Waals surface area (Å²) in [6.07, 6.45) is 0.305. The number of carbonyl (C=O) groups is 1. The van der Waals surface area contributed by atoms with E-state index in [0.717, 1.165) is 5.56 Å². The lowest BCUT2D eigenvalue weighted by molar-refractivity contribution is -0.121. The number of hydrogen-bond donors (Lipinski definition) is 1. The van der Waals surface area contributed by atoms with Gasteiger partial charge in [-0.3, -0.25) is 4.79 Å². The van der Waals surface area contributed by atoms with E-state index in [9.17, 15) is 9.18 Å². The molecule has 0 spiro atoms. The molecule has 1 aromatic carbocycles. The monoisotopic (exact) mass is 280 g/mol. The van der Waals surface area contributed by atoms with Crippen LogP contribution in [0.3, 0.4) is 0 Å². The molecule has 108 valence electrons. The predicted molar refractivity (Wildman–Crippen MR) is 72.1 cm³/mol. The normalized spacial score (nSPS) is 18.5. The number of rotatable bonds is 4. The minimum absolute atomic E-state index is 0.0625. The third-order valence-electron chi connectivity index (χ3n) is 3.13. The SMILES string of the molecule is COCOc1cc(F)c(C2=NNC(=O)CC2C)cc1C. The Hall–Kier alpha value is -1.95. The van der Waals surface area contributed by atoms with Crippen molar-refractivity contribution in [2.75, 3.05) is 13.9 Å². The molecule has 1 aliphatic heterocycles. The molecule has 0 aromatic heterocycles. The van der Waals surface area contributed by atoms with Crippen LogP contribution >= 0.6 is 0 Å². The molecule has 0 saturated carbocycles. The highest BCUT2D eigenvalue weighted by Crippen LogP contribution is 2.26. The van der Waals surface area contributed by atoms with Gasteiger partial charge in [0.1, 0.15) is 11.6 Å². The molecule has 0 radical (unpaired) electrons. The summed E-state index contributed by atoms with van der Waals surface area (Å²) in [5.41, 5.74) is 4.10. The van der Waals surface area contributed by atoms with E-state index in [1.54, 1.807) is 6.07 Å². The number of carbonyl (C=O) groups excluding carboxylic acids is 1. The standard InChI is InChI=1S/C14H17FN2O3/c1-8-4-10(11(15)6-12(8)20-7-19-3)14-9(2)5-13(18)16-17-14/h4,6,9H,5,7H2,1-3H3,(H,16,18). The van der Waals surface area contributed by atoms with E-state index in [4.69, 9.17) is 9.47 Å². The molecule has 0 bridgehead atoms. The Bertz CT molecular complexity index is 558. The van der Waals surface area contributed by atoms with Crippen LogP contribution in [0.25, 0.3) is 0 Å². The molecule has 1 N–H and O–H groups in total. The summed E-state index contributed by atoms with van der Waals surface area (Å²) in [6.45, 7) is 3.73. The Kier molecular flexibility index (Phi) is 4.34. The van der Waals surface area contributed by atoms with Crippen LogP contribution in [0.2, 0.25) is 0 Å². The molecule has 1 heterocycles. The van der Waals surface area contributed by atoms with Crippen LogP contribution < -0.4 is 10.2 Å². The van der Waals surface area contributed by atoms with Gasteiger partial charge in [-0.25, -0.2) is 9.82 Å². The van der Waals surface area contributed by atoms with E-state index in [1.807, 2.05) is 13.8 Å². The predicted octanol–water partition coefficient (Wildman–Crippen LogP) is 1.98. The van der Waals surface area contributed by atoms with E-state index in [-0.39, 0.29) is 18.6 Å². The number of hydrogen-bond acceptors (Lipinski definition) is 4. The van der Waals surface area contributed by atoms with Crippen molar-refractivity contribution >= 4 is 11.6 Å². The lowest BCUT2D eigenvalue weighted by Crippen LogP contribution is -2.32. The van der Waals surface area contributed by atoms with Crippen molar-refractivity contribution in [1.82, 2.24) is 5.43 Å². The summed E-state index contributed by atoms with van der Waals surface area (Å²) in [5.74, 6) is -0.272. The average Bonchev–Trinajstić information content (AvgIpc) is 2.40. The van der Waals surface area contributed by atoms with Crippen LogP contribution in [0.4, 0.5) is 4.39 Å². The fourth-order valence-corrected chi connectivity index (χ4v) is 2.12. The highest BCUT2D eigenvalue weighted by atomic mass is 19.1. The maximum atomic E-state index is 14.2. The number of hydrazone groups is 1. The van der Waals surface area contributed by atoms with Gasteiger partial charge in [-0.15, -0.1) is 0 Å². The molecule has 0 aliphatic carbocycles. The van der Waals surface area contributed by atoms with Crippen molar-refractivity contribution in [2.24, 2.45) is 11.0 Å². The highest BCUT2D eigenvalue weighted by Gasteiger charge is 2.24. The molecule has 5 nitrogen and oxygen atoms in total. The largest absolute Gasteiger partial charge is 0.467 e. The van der Waals surface area contributed by atoms with Crippen LogP contribution in [0.1, 0.15) is 24.5 Å². The summed E-state index contributed by atoms with van der Waals surface area (Å²) >= 11 is 0. The first-order chi connectivity index (χ1) is 9.52. The van der Waals surface area contributed by atoms with Gasteiger partial charge in [0.25, 0.3) is 0 Å². The molecule has 0 saturated heterocycles. The van der Waals surface area contributed by atoms with Crippen LogP contribution in [0.15, 0.2) is 17.2 Å². The Morgan fingerprint density at radius 3 is 2.90 bits per heavy atom. The summed E-state index contributed by atoms with van der Waals surface area (Å²) in [7, 11) is 1.50. The van der Waals surface area contributed by atoms with Crippen molar-refractivity contribution in [3.63, 3.8) is 0 Å². The number of ether oxygens (including phenoxy) is 2. The Labute approximate surface area is 116 Å². The lowest BCUT2D eigenvalue weighted by atomic mass is 9.93. The number of aryl methyl sites for hydroxylation is 1. The molecular formula is C14H17FN2O3. The maximum Gasteiger partial charge on any atom is 0.240 e. The lowest BCUT2D eigenvalue weighted by Gasteiger charge is -2.20. The minimum Gasteiger partial charge on any atom is -0.467 e. The zero-order valence-electron chi connectivity index (χ0n) is 11.7. The van der Waals surface area contributed by atoms with Gasteiger partial charge in [-0.2, -0.15) is 5.10 Å². The fourth-order valence-electron chi connectivity index (χ4n) is 2.12. The number of nitrogens with one attached hydrogen (secondary N) is 1. The molecule has 0 fully saturated rings. The first kappa shape index (κ1) is 14.5. The molecule has 2 rings (SSSR count). The van der Waals surface area contributed by atoms with E-state index >= 15 is 0 Å². The first-order valence-electron chi connectivity index (χ1n) is 6.31. The van der Waals surface area contributed by atoms with Gasteiger partial charge in [0.2, 0.25) is 5.91 Å². The number of nitrogens with zero attached hydrogens (tertiary/aromatic N) is 1. The van der Waals surface area contributed by atoms with Crippen LogP contribution in [0.5, 0.6) is 5.75 Å². The average molecular weight is 280 g/mol. The molecule has 1 unspecified atom stereocenters. The topological polar surface area (TPSA) is 59.9 Å². The number of amides is 1. The van der Waals surface area contributed by atoms with Gasteiger partial charge >= 0.3 is 0 Å². The minimum atomic E-state index is -0.427. The van der Waals surface area contributed by atoms with Crippen molar-refractivity contribution in [1.29, 1.82) is 0 Å². The Morgan fingerprint density at radius 2 is 2.25 bits per heavy atom. The van der Waals surface area contributed by atoms with Crippen molar-refractivity contribution < 1.29 is 18.7 Å². The molecule has 1 atom stereocenters. The van der Waals surface area contributed by atoms with E-state index in [0.29, 0.717) is 23.4 Å². The third-order valence-corrected chi connectivity index (χ3v) is 3.13. The van der Waals surface area contributed by atoms with Crippen molar-refractivity contribution in [2.45, 2.75) is 20.3 Å². The van der Waals surface area contributed by atoms with Gasteiger partial charge in [0.15, 0.2) is 6.79 Å². The van der Waals surface area contributed by atoms with E-state index in [2.05, 4.69) is 10.5 Å². The molecule has 1 aliphatic rings. The van der Waals surface area contributed by atoms with Gasteiger partial charge in [0.05, 0.1) is 5.71 Å². The van der Waals surface area contributed by atoms with Crippen LogP contribution in [-0.2, 0) is 9.53 Å². The van der Waals surface area contributed by atoms with E-state index < -0.39 is 5.82 Å². The van der Waals surface area contributed by atoms with Gasteiger partial charge in [0, 0.05) is 31.1 Å². The van der Waals surface area contributed by atoms with Crippen molar-refractivity contribution in [3.05, 3.63) is 29.1 Å².